The largest absolute Gasteiger partial charge is 0.392 e. The number of aliphatic hydroxyl groups excluding tert-OH is 1. The van der Waals surface area contributed by atoms with Crippen molar-refractivity contribution in [2.45, 2.75) is 13.0 Å². The zero-order valence-electron chi connectivity index (χ0n) is 8.90. The third-order valence-electron chi connectivity index (χ3n) is 2.31. The lowest BCUT2D eigenvalue weighted by Gasteiger charge is -2.03. The van der Waals surface area contributed by atoms with Gasteiger partial charge in [0.15, 0.2) is 0 Å². The van der Waals surface area contributed by atoms with Crippen LogP contribution in [-0.2, 0) is 13.0 Å². The zero-order chi connectivity index (χ0) is 12.3. The van der Waals surface area contributed by atoms with E-state index in [0.29, 0.717) is 22.8 Å². The predicted octanol–water partition coefficient (Wildman–Crippen LogP) is 2.35. The minimum absolute atomic E-state index is 0.0857. The van der Waals surface area contributed by atoms with Crippen LogP contribution in [0.5, 0.6) is 0 Å². The second kappa shape index (κ2) is 5.21. The van der Waals surface area contributed by atoms with Gasteiger partial charge in [-0.2, -0.15) is 0 Å². The van der Waals surface area contributed by atoms with Gasteiger partial charge in [-0.25, -0.2) is 14.4 Å². The highest BCUT2D eigenvalue weighted by atomic mass is 35.5. The molecular formula is C12H10ClFN2O. The predicted molar refractivity (Wildman–Crippen MR) is 62.2 cm³/mol. The Balaban J connectivity index is 2.19. The third kappa shape index (κ3) is 2.99. The summed E-state index contributed by atoms with van der Waals surface area (Å²) >= 11 is 5.90. The van der Waals surface area contributed by atoms with Gasteiger partial charge in [-0.1, -0.05) is 17.7 Å². The van der Waals surface area contributed by atoms with Crippen LogP contribution in [0.3, 0.4) is 0 Å². The molecule has 2 aromatic rings. The van der Waals surface area contributed by atoms with Gasteiger partial charge in [0.1, 0.15) is 11.6 Å². The molecule has 0 radical (unpaired) electrons. The molecule has 0 saturated carbocycles. The molecule has 2 rings (SSSR count). The zero-order valence-corrected chi connectivity index (χ0v) is 9.65. The van der Waals surface area contributed by atoms with Crippen molar-refractivity contribution in [3.8, 4) is 0 Å². The number of aromatic nitrogens is 2. The Morgan fingerprint density at radius 2 is 1.94 bits per heavy atom. The van der Waals surface area contributed by atoms with E-state index >= 15 is 0 Å². The van der Waals surface area contributed by atoms with Crippen molar-refractivity contribution in [3.63, 3.8) is 0 Å². The Kier molecular flexibility index (Phi) is 3.66. The first-order chi connectivity index (χ1) is 8.19. The molecule has 0 bridgehead atoms. The van der Waals surface area contributed by atoms with E-state index in [-0.39, 0.29) is 12.4 Å². The second-order valence-corrected chi connectivity index (χ2v) is 3.99. The van der Waals surface area contributed by atoms with Gasteiger partial charge in [0.2, 0.25) is 0 Å². The van der Waals surface area contributed by atoms with Crippen LogP contribution < -0.4 is 0 Å². The Morgan fingerprint density at radius 3 is 2.53 bits per heavy atom. The van der Waals surface area contributed by atoms with E-state index in [1.807, 2.05) is 0 Å². The van der Waals surface area contributed by atoms with Gasteiger partial charge in [0.25, 0.3) is 0 Å². The molecule has 1 heterocycles. The monoisotopic (exact) mass is 252 g/mol. The van der Waals surface area contributed by atoms with Gasteiger partial charge in [-0.3, -0.25) is 0 Å². The molecule has 0 amide bonds. The van der Waals surface area contributed by atoms with Crippen molar-refractivity contribution < 1.29 is 9.50 Å². The van der Waals surface area contributed by atoms with Crippen molar-refractivity contribution >= 4 is 11.6 Å². The van der Waals surface area contributed by atoms with Crippen molar-refractivity contribution in [1.82, 2.24) is 9.97 Å². The molecule has 1 aromatic carbocycles. The normalized spacial score (nSPS) is 10.5. The minimum atomic E-state index is -0.365. The first-order valence-corrected chi connectivity index (χ1v) is 5.41. The van der Waals surface area contributed by atoms with Crippen molar-refractivity contribution in [1.29, 1.82) is 0 Å². The molecule has 5 heteroatoms. The lowest BCUT2D eigenvalue weighted by Crippen LogP contribution is -1.98. The van der Waals surface area contributed by atoms with E-state index in [2.05, 4.69) is 9.97 Å². The number of halogens is 2. The number of benzene rings is 1. The lowest BCUT2D eigenvalue weighted by molar-refractivity contribution is 0.280. The van der Waals surface area contributed by atoms with Gasteiger partial charge in [-0.15, -0.1) is 0 Å². The standard InChI is InChI=1S/C12H10ClFN2O/c13-11-4-10(14)2-1-9(11)3-12-15-5-8(7-17)6-16-12/h1-2,4-6,17H,3,7H2. The fraction of sp³-hybridized carbons (Fsp3) is 0.167. The average molecular weight is 253 g/mol. The molecule has 0 atom stereocenters. The summed E-state index contributed by atoms with van der Waals surface area (Å²) in [4.78, 5) is 8.17. The van der Waals surface area contributed by atoms with Crippen LogP contribution in [-0.4, -0.2) is 15.1 Å². The van der Waals surface area contributed by atoms with Crippen molar-refractivity contribution in [2.75, 3.05) is 0 Å². The average Bonchev–Trinajstić information content (AvgIpc) is 2.34. The molecule has 0 saturated heterocycles. The molecule has 0 fully saturated rings. The highest BCUT2D eigenvalue weighted by molar-refractivity contribution is 6.31. The topological polar surface area (TPSA) is 46.0 Å². The summed E-state index contributed by atoms with van der Waals surface area (Å²) in [7, 11) is 0. The van der Waals surface area contributed by atoms with Crippen LogP contribution in [0, 0.1) is 5.82 Å². The molecule has 0 aliphatic heterocycles. The van der Waals surface area contributed by atoms with E-state index in [9.17, 15) is 4.39 Å². The van der Waals surface area contributed by atoms with Crippen LogP contribution in [0.15, 0.2) is 30.6 Å². The molecule has 0 unspecified atom stereocenters. The summed E-state index contributed by atoms with van der Waals surface area (Å²) in [5.41, 5.74) is 1.42. The fourth-order valence-electron chi connectivity index (χ4n) is 1.39. The van der Waals surface area contributed by atoms with E-state index in [4.69, 9.17) is 16.7 Å². The lowest BCUT2D eigenvalue weighted by atomic mass is 10.1. The van der Waals surface area contributed by atoms with Crippen molar-refractivity contribution in [2.24, 2.45) is 0 Å². The number of hydrogen-bond donors (Lipinski definition) is 1. The molecule has 0 aliphatic carbocycles. The Labute approximate surface area is 103 Å². The third-order valence-corrected chi connectivity index (χ3v) is 2.66. The molecule has 88 valence electrons. The van der Waals surface area contributed by atoms with Gasteiger partial charge in [0, 0.05) is 29.4 Å². The van der Waals surface area contributed by atoms with Crippen LogP contribution in [0.25, 0.3) is 0 Å². The van der Waals surface area contributed by atoms with E-state index in [1.54, 1.807) is 18.5 Å². The summed E-state index contributed by atoms with van der Waals surface area (Å²) in [6, 6.07) is 4.23. The Bertz CT molecular complexity index is 516. The van der Waals surface area contributed by atoms with Crippen LogP contribution in [0.4, 0.5) is 4.39 Å². The fourth-order valence-corrected chi connectivity index (χ4v) is 1.62. The molecule has 0 aliphatic rings. The summed E-state index contributed by atoms with van der Waals surface area (Å²) in [6.45, 7) is -0.0857. The SMILES string of the molecule is OCc1cnc(Cc2ccc(F)cc2Cl)nc1. The minimum Gasteiger partial charge on any atom is -0.392 e. The van der Waals surface area contributed by atoms with Crippen LogP contribution in [0.1, 0.15) is 17.0 Å². The van der Waals surface area contributed by atoms with E-state index < -0.39 is 0 Å². The number of hydrogen-bond acceptors (Lipinski definition) is 3. The second-order valence-electron chi connectivity index (χ2n) is 3.58. The first-order valence-electron chi connectivity index (χ1n) is 5.03. The van der Waals surface area contributed by atoms with Crippen LogP contribution >= 0.6 is 11.6 Å². The first kappa shape index (κ1) is 12.0. The maximum Gasteiger partial charge on any atom is 0.132 e. The molecule has 17 heavy (non-hydrogen) atoms. The number of rotatable bonds is 3. The quantitative estimate of drug-likeness (QED) is 0.912. The summed E-state index contributed by atoms with van der Waals surface area (Å²) in [5.74, 6) is 0.214. The number of aliphatic hydroxyl groups is 1. The Morgan fingerprint density at radius 1 is 1.24 bits per heavy atom. The molecular weight excluding hydrogens is 243 g/mol. The molecule has 3 nitrogen and oxygen atoms in total. The Hall–Kier alpha value is -1.52. The molecule has 1 N–H and O–H groups in total. The molecule has 1 aromatic heterocycles. The molecule has 0 spiro atoms. The highest BCUT2D eigenvalue weighted by Gasteiger charge is 2.05. The van der Waals surface area contributed by atoms with Crippen molar-refractivity contribution in [3.05, 3.63) is 58.4 Å². The summed E-state index contributed by atoms with van der Waals surface area (Å²) in [5, 5.41) is 9.21. The van der Waals surface area contributed by atoms with E-state index in [1.165, 1.54) is 12.1 Å². The summed E-state index contributed by atoms with van der Waals surface area (Å²) in [6.07, 6.45) is 3.55. The van der Waals surface area contributed by atoms with Gasteiger partial charge >= 0.3 is 0 Å². The number of nitrogens with zero attached hydrogens (tertiary/aromatic N) is 2. The summed E-state index contributed by atoms with van der Waals surface area (Å²) < 4.78 is 12.8. The van der Waals surface area contributed by atoms with E-state index in [0.717, 1.165) is 5.56 Å². The highest BCUT2D eigenvalue weighted by Crippen LogP contribution is 2.19. The maximum absolute atomic E-state index is 12.8. The van der Waals surface area contributed by atoms with Gasteiger partial charge in [0.05, 0.1) is 6.61 Å². The van der Waals surface area contributed by atoms with Gasteiger partial charge in [-0.05, 0) is 17.7 Å². The van der Waals surface area contributed by atoms with Gasteiger partial charge < -0.3 is 5.11 Å². The van der Waals surface area contributed by atoms with Crippen LogP contribution in [0.2, 0.25) is 5.02 Å². The smallest absolute Gasteiger partial charge is 0.132 e. The maximum atomic E-state index is 12.8.